The Balaban J connectivity index is 3.20. The lowest BCUT2D eigenvalue weighted by Crippen LogP contribution is -2.01. The van der Waals surface area contributed by atoms with Gasteiger partial charge in [0.25, 0.3) is 0 Å². The van der Waals surface area contributed by atoms with Gasteiger partial charge in [-0.2, -0.15) is 0 Å². The molecule has 1 aromatic rings. The second-order valence-corrected chi connectivity index (χ2v) is 3.02. The molecule has 1 N–H and O–H groups in total. The first-order chi connectivity index (χ1) is 7.63. The lowest BCUT2D eigenvalue weighted by molar-refractivity contribution is -0.107. The molecule has 0 aliphatic carbocycles. The summed E-state index contributed by atoms with van der Waals surface area (Å²) in [7, 11) is 2.84. The van der Waals surface area contributed by atoms with E-state index >= 15 is 0 Å². The molecule has 0 heterocycles. The molecule has 0 aliphatic rings. The van der Waals surface area contributed by atoms with Crippen LogP contribution in [0, 0.1) is 0 Å². The Labute approximate surface area is 92.6 Å². The maximum Gasteiger partial charge on any atom is 0.173 e. The fourth-order valence-electron chi connectivity index (χ4n) is 1.28. The lowest BCUT2D eigenvalue weighted by Gasteiger charge is -2.10. The van der Waals surface area contributed by atoms with E-state index in [1.807, 2.05) is 0 Å². The average Bonchev–Trinajstić information content (AvgIpc) is 2.28. The SMILES string of the molecule is COc1cc(O)c(C(=O)CC=O)cc1OC. The van der Waals surface area contributed by atoms with E-state index in [0.717, 1.165) is 0 Å². The first kappa shape index (κ1) is 12.0. The molecule has 86 valence electrons. The molecular weight excluding hydrogens is 212 g/mol. The van der Waals surface area contributed by atoms with Crippen LogP contribution in [-0.2, 0) is 4.79 Å². The summed E-state index contributed by atoms with van der Waals surface area (Å²) in [6.45, 7) is 0. The van der Waals surface area contributed by atoms with Gasteiger partial charge in [-0.25, -0.2) is 0 Å². The fraction of sp³-hybridized carbons (Fsp3) is 0.273. The number of Topliss-reactive ketones (excluding diaryl/α,β-unsaturated/α-hetero) is 1. The van der Waals surface area contributed by atoms with Gasteiger partial charge in [0, 0.05) is 6.07 Å². The van der Waals surface area contributed by atoms with Crippen LogP contribution in [-0.4, -0.2) is 31.4 Å². The van der Waals surface area contributed by atoms with Gasteiger partial charge in [0.05, 0.1) is 26.2 Å². The van der Waals surface area contributed by atoms with Crippen molar-refractivity contribution in [2.45, 2.75) is 6.42 Å². The van der Waals surface area contributed by atoms with Crippen LogP contribution in [0.4, 0.5) is 0 Å². The summed E-state index contributed by atoms with van der Waals surface area (Å²) in [6, 6.07) is 2.62. The van der Waals surface area contributed by atoms with Crippen molar-refractivity contribution in [3.63, 3.8) is 0 Å². The standard InChI is InChI=1S/C11H12O5/c1-15-10-5-7(8(13)3-4-12)9(14)6-11(10)16-2/h4-6,14H,3H2,1-2H3. The van der Waals surface area contributed by atoms with Crippen molar-refractivity contribution in [1.82, 2.24) is 0 Å². The van der Waals surface area contributed by atoms with Crippen LogP contribution >= 0.6 is 0 Å². The Morgan fingerprint density at radius 2 is 1.88 bits per heavy atom. The van der Waals surface area contributed by atoms with Gasteiger partial charge in [0.1, 0.15) is 12.0 Å². The number of carbonyl (C=O) groups is 2. The summed E-state index contributed by atoms with van der Waals surface area (Å²) in [6.07, 6.45) is 0.210. The number of aldehydes is 1. The maximum absolute atomic E-state index is 11.4. The first-order valence-electron chi connectivity index (χ1n) is 4.55. The molecule has 0 unspecified atom stereocenters. The summed E-state index contributed by atoms with van der Waals surface area (Å²) in [5.74, 6) is -0.0462. The number of benzene rings is 1. The normalized spacial score (nSPS) is 9.62. The van der Waals surface area contributed by atoms with Crippen LogP contribution in [0.25, 0.3) is 0 Å². The number of aromatic hydroxyl groups is 1. The number of carbonyl (C=O) groups excluding carboxylic acids is 2. The quantitative estimate of drug-likeness (QED) is 0.462. The van der Waals surface area contributed by atoms with Crippen molar-refractivity contribution in [2.24, 2.45) is 0 Å². The highest BCUT2D eigenvalue weighted by atomic mass is 16.5. The van der Waals surface area contributed by atoms with Crippen LogP contribution in [0.2, 0.25) is 0 Å². The zero-order chi connectivity index (χ0) is 12.1. The van der Waals surface area contributed by atoms with E-state index in [9.17, 15) is 14.7 Å². The van der Waals surface area contributed by atoms with E-state index < -0.39 is 5.78 Å². The third-order valence-electron chi connectivity index (χ3n) is 2.07. The van der Waals surface area contributed by atoms with E-state index in [1.54, 1.807) is 0 Å². The molecule has 0 aliphatic heterocycles. The zero-order valence-electron chi connectivity index (χ0n) is 9.02. The van der Waals surface area contributed by atoms with Crippen molar-refractivity contribution in [3.8, 4) is 17.2 Å². The van der Waals surface area contributed by atoms with E-state index in [-0.39, 0.29) is 17.7 Å². The topological polar surface area (TPSA) is 72.8 Å². The number of methoxy groups -OCH3 is 2. The minimum atomic E-state index is -0.464. The number of hydrogen-bond donors (Lipinski definition) is 1. The molecular formula is C11H12O5. The van der Waals surface area contributed by atoms with Gasteiger partial charge in [0.2, 0.25) is 0 Å². The Morgan fingerprint density at radius 1 is 1.31 bits per heavy atom. The van der Waals surface area contributed by atoms with Gasteiger partial charge in [-0.3, -0.25) is 4.79 Å². The van der Waals surface area contributed by atoms with E-state index in [0.29, 0.717) is 17.8 Å². The number of ether oxygens (including phenoxy) is 2. The van der Waals surface area contributed by atoms with E-state index in [4.69, 9.17) is 9.47 Å². The Bertz CT molecular complexity index is 411. The van der Waals surface area contributed by atoms with Crippen molar-refractivity contribution < 1.29 is 24.2 Å². The average molecular weight is 224 g/mol. The second-order valence-electron chi connectivity index (χ2n) is 3.02. The third kappa shape index (κ3) is 2.31. The molecule has 0 saturated carbocycles. The monoisotopic (exact) mass is 224 g/mol. The van der Waals surface area contributed by atoms with E-state index in [1.165, 1.54) is 26.4 Å². The molecule has 0 atom stereocenters. The number of phenolic OH excluding ortho intramolecular Hbond substituents is 1. The van der Waals surface area contributed by atoms with Gasteiger partial charge >= 0.3 is 0 Å². The summed E-state index contributed by atoms with van der Waals surface area (Å²) in [5.41, 5.74) is 0.0461. The molecule has 5 heteroatoms. The fourth-order valence-corrected chi connectivity index (χ4v) is 1.28. The predicted molar refractivity (Wildman–Crippen MR) is 56.2 cm³/mol. The van der Waals surface area contributed by atoms with Crippen LogP contribution in [0.5, 0.6) is 17.2 Å². The summed E-state index contributed by atoms with van der Waals surface area (Å²) < 4.78 is 9.93. The van der Waals surface area contributed by atoms with Crippen molar-refractivity contribution in [2.75, 3.05) is 14.2 Å². The van der Waals surface area contributed by atoms with Gasteiger partial charge in [-0.15, -0.1) is 0 Å². The Kier molecular flexibility index (Phi) is 3.88. The molecule has 1 aromatic carbocycles. The lowest BCUT2D eigenvalue weighted by atomic mass is 10.1. The van der Waals surface area contributed by atoms with E-state index in [2.05, 4.69) is 0 Å². The van der Waals surface area contributed by atoms with Crippen LogP contribution in [0.3, 0.4) is 0 Å². The molecule has 0 bridgehead atoms. The summed E-state index contributed by atoms with van der Waals surface area (Å²) in [4.78, 5) is 21.7. The molecule has 5 nitrogen and oxygen atoms in total. The van der Waals surface area contributed by atoms with Crippen molar-refractivity contribution in [3.05, 3.63) is 17.7 Å². The highest BCUT2D eigenvalue weighted by molar-refractivity contribution is 6.05. The smallest absolute Gasteiger partial charge is 0.173 e. The van der Waals surface area contributed by atoms with Gasteiger partial charge in [0.15, 0.2) is 17.3 Å². The molecule has 0 fully saturated rings. The molecule has 0 radical (unpaired) electrons. The second kappa shape index (κ2) is 5.16. The Hall–Kier alpha value is -2.04. The number of hydrogen-bond acceptors (Lipinski definition) is 5. The minimum Gasteiger partial charge on any atom is -0.507 e. The first-order valence-corrected chi connectivity index (χ1v) is 4.55. The van der Waals surface area contributed by atoms with Gasteiger partial charge in [-0.1, -0.05) is 0 Å². The largest absolute Gasteiger partial charge is 0.507 e. The molecule has 0 aromatic heterocycles. The zero-order valence-corrected chi connectivity index (χ0v) is 9.02. The number of ketones is 1. The highest BCUT2D eigenvalue weighted by Gasteiger charge is 2.15. The molecule has 0 saturated heterocycles. The van der Waals surface area contributed by atoms with Crippen molar-refractivity contribution >= 4 is 12.1 Å². The molecule has 16 heavy (non-hydrogen) atoms. The predicted octanol–water partition coefficient (Wildman–Crippen LogP) is 1.18. The van der Waals surface area contributed by atoms with Crippen LogP contribution in [0.1, 0.15) is 16.8 Å². The third-order valence-corrected chi connectivity index (χ3v) is 2.07. The molecule has 1 rings (SSSR count). The number of phenols is 1. The molecule has 0 amide bonds. The summed E-state index contributed by atoms with van der Waals surface area (Å²) >= 11 is 0. The maximum atomic E-state index is 11.4. The van der Waals surface area contributed by atoms with Crippen LogP contribution in [0.15, 0.2) is 12.1 Å². The Morgan fingerprint density at radius 3 is 2.38 bits per heavy atom. The minimum absolute atomic E-state index is 0.0461. The van der Waals surface area contributed by atoms with Crippen LogP contribution < -0.4 is 9.47 Å². The van der Waals surface area contributed by atoms with Gasteiger partial charge in [-0.05, 0) is 6.07 Å². The molecule has 0 spiro atoms. The van der Waals surface area contributed by atoms with Gasteiger partial charge < -0.3 is 19.4 Å². The number of rotatable bonds is 5. The van der Waals surface area contributed by atoms with Crippen molar-refractivity contribution in [1.29, 1.82) is 0 Å². The highest BCUT2D eigenvalue weighted by Crippen LogP contribution is 2.34. The summed E-state index contributed by atoms with van der Waals surface area (Å²) in [5, 5.41) is 9.57.